The fraction of sp³-hybridized carbons (Fsp3) is 0.960. The molecule has 33 heavy (non-hydrogen) atoms. The van der Waals surface area contributed by atoms with Crippen LogP contribution in [0.4, 0.5) is 0 Å². The lowest BCUT2D eigenvalue weighted by Gasteiger charge is -2.27. The first-order valence-electron chi connectivity index (χ1n) is 13.1. The fourth-order valence-corrected chi connectivity index (χ4v) is 4.67. The second-order valence-corrected chi connectivity index (χ2v) is 10.5. The van der Waals surface area contributed by atoms with E-state index in [0.717, 1.165) is 19.3 Å². The molecule has 4 atom stereocenters. The molecule has 0 bridgehead atoms. The molecule has 0 aliphatic rings. The molecule has 0 aromatic rings. The summed E-state index contributed by atoms with van der Waals surface area (Å²) in [5, 5.41) is 18.9. The van der Waals surface area contributed by atoms with E-state index in [-0.39, 0.29) is 0 Å². The number of thiol groups is 1. The quantitative estimate of drug-likeness (QED) is 0.0530. The summed E-state index contributed by atoms with van der Waals surface area (Å²) in [6.07, 6.45) is 18.9. The number of carbonyl (C=O) groups is 1. The number of carboxylic acids is 1. The van der Waals surface area contributed by atoms with Gasteiger partial charge in [-0.15, -0.1) is 12.6 Å². The maximum absolute atomic E-state index is 11.1. The number of ether oxygens (including phenoxy) is 2. The average molecular weight is 509 g/mol. The zero-order valence-corrected chi connectivity index (χ0v) is 23.0. The van der Waals surface area contributed by atoms with Crippen molar-refractivity contribution in [1.29, 1.82) is 0 Å². The monoisotopic (exact) mass is 508 g/mol. The van der Waals surface area contributed by atoms with Gasteiger partial charge in [0, 0.05) is 0 Å². The van der Waals surface area contributed by atoms with Crippen molar-refractivity contribution in [3.63, 3.8) is 0 Å². The summed E-state index contributed by atoms with van der Waals surface area (Å²) < 4.78 is 22.0. The summed E-state index contributed by atoms with van der Waals surface area (Å²) in [5.74, 6) is -1.22. The predicted molar refractivity (Wildman–Crippen MR) is 138 cm³/mol. The third kappa shape index (κ3) is 17.0. The van der Waals surface area contributed by atoms with Gasteiger partial charge in [0.1, 0.15) is 5.44 Å². The Balaban J connectivity index is 4.59. The minimum absolute atomic E-state index is 0.307. The van der Waals surface area contributed by atoms with Gasteiger partial charge in [-0.3, -0.25) is 4.57 Å². The van der Waals surface area contributed by atoms with E-state index in [4.69, 9.17) is 14.6 Å². The maximum atomic E-state index is 11.1. The standard InChI is InChI=1S/C25H49O6PS/c1-4-7-9-11-12-13-15-17-19-21(18-16-14-10-8-5-2)20-23(33)30-22(6-3)31-25(28,32-29)24(26)27/h21-23,28,33H,4-20H2,1-3H3,(H,26,27). The van der Waals surface area contributed by atoms with Gasteiger partial charge in [0.2, 0.25) is 8.46 Å². The highest BCUT2D eigenvalue weighted by atomic mass is 32.1. The molecule has 6 nitrogen and oxygen atoms in total. The highest BCUT2D eigenvalue weighted by Crippen LogP contribution is 2.29. The minimum atomic E-state index is -2.80. The van der Waals surface area contributed by atoms with E-state index in [0.29, 0.717) is 12.3 Å². The SMILES string of the molecule is CCCCCCCCCCC(CCCCCCC)CC(S)OC(CC)OC(O)(P=O)C(=O)O. The zero-order valence-electron chi connectivity index (χ0n) is 21.2. The van der Waals surface area contributed by atoms with Crippen molar-refractivity contribution >= 4 is 27.1 Å². The summed E-state index contributed by atoms with van der Waals surface area (Å²) in [6.45, 7) is 6.21. The number of hydrogen-bond donors (Lipinski definition) is 3. The molecule has 0 aliphatic heterocycles. The van der Waals surface area contributed by atoms with Crippen LogP contribution in [0.5, 0.6) is 0 Å². The van der Waals surface area contributed by atoms with Gasteiger partial charge < -0.3 is 19.7 Å². The molecule has 0 aromatic carbocycles. The van der Waals surface area contributed by atoms with Gasteiger partial charge in [0.05, 0.1) is 0 Å². The van der Waals surface area contributed by atoms with Gasteiger partial charge in [0.15, 0.2) is 6.29 Å². The van der Waals surface area contributed by atoms with Crippen molar-refractivity contribution < 1.29 is 29.0 Å². The van der Waals surface area contributed by atoms with Crippen LogP contribution in [0.25, 0.3) is 0 Å². The molecule has 0 aliphatic carbocycles. The number of aliphatic hydroxyl groups is 1. The highest BCUT2D eigenvalue weighted by Gasteiger charge is 2.42. The van der Waals surface area contributed by atoms with E-state index < -0.39 is 31.7 Å². The topological polar surface area (TPSA) is 93.1 Å². The molecule has 0 aromatic heterocycles. The summed E-state index contributed by atoms with van der Waals surface area (Å²) >= 11 is 4.57. The van der Waals surface area contributed by atoms with Gasteiger partial charge in [0.25, 0.3) is 0 Å². The lowest BCUT2D eigenvalue weighted by Crippen LogP contribution is -2.40. The van der Waals surface area contributed by atoms with Crippen molar-refractivity contribution in [3.05, 3.63) is 0 Å². The summed E-state index contributed by atoms with van der Waals surface area (Å²) in [7, 11) is -1.03. The van der Waals surface area contributed by atoms with Crippen molar-refractivity contribution in [2.45, 2.75) is 147 Å². The number of hydrogen-bond acceptors (Lipinski definition) is 6. The third-order valence-electron chi connectivity index (χ3n) is 6.06. The second-order valence-electron chi connectivity index (χ2n) is 9.12. The van der Waals surface area contributed by atoms with Gasteiger partial charge in [-0.25, -0.2) is 4.79 Å². The minimum Gasteiger partial charge on any atom is -0.477 e. The van der Waals surface area contributed by atoms with E-state index in [1.54, 1.807) is 6.92 Å². The maximum Gasteiger partial charge on any atom is 0.377 e. The number of rotatable bonds is 24. The second kappa shape index (κ2) is 21.1. The van der Waals surface area contributed by atoms with Gasteiger partial charge in [-0.2, -0.15) is 0 Å². The van der Waals surface area contributed by atoms with Crippen LogP contribution in [-0.4, -0.2) is 33.4 Å². The van der Waals surface area contributed by atoms with Gasteiger partial charge in [-0.1, -0.05) is 117 Å². The van der Waals surface area contributed by atoms with Crippen LogP contribution in [-0.2, 0) is 18.8 Å². The first kappa shape index (κ1) is 32.8. The number of aliphatic carboxylic acids is 1. The first-order valence-corrected chi connectivity index (χ1v) is 14.5. The zero-order chi connectivity index (χ0) is 25.0. The van der Waals surface area contributed by atoms with Crippen LogP contribution >= 0.6 is 21.1 Å². The molecule has 0 saturated carbocycles. The third-order valence-corrected chi connectivity index (χ3v) is 6.93. The Bertz CT molecular complexity index is 496. The molecule has 0 rings (SSSR count). The van der Waals surface area contributed by atoms with E-state index in [9.17, 15) is 14.5 Å². The van der Waals surface area contributed by atoms with Crippen LogP contribution in [0.2, 0.25) is 0 Å². The van der Waals surface area contributed by atoms with Crippen molar-refractivity contribution in [1.82, 2.24) is 0 Å². The number of carboxylic acid groups (broad SMARTS) is 1. The molecule has 0 saturated heterocycles. The van der Waals surface area contributed by atoms with Gasteiger partial charge in [-0.05, 0) is 18.8 Å². The molecule has 0 radical (unpaired) electrons. The Morgan fingerprint density at radius 2 is 1.33 bits per heavy atom. The Hall–Kier alpha value is -0.200. The molecule has 0 fully saturated rings. The number of unbranched alkanes of at least 4 members (excludes halogenated alkanes) is 11. The van der Waals surface area contributed by atoms with E-state index in [2.05, 4.69) is 26.5 Å². The largest absolute Gasteiger partial charge is 0.477 e. The van der Waals surface area contributed by atoms with Crippen molar-refractivity contribution in [3.8, 4) is 0 Å². The Morgan fingerprint density at radius 1 is 0.879 bits per heavy atom. The molecule has 8 heteroatoms. The Morgan fingerprint density at radius 3 is 1.73 bits per heavy atom. The fourth-order valence-electron chi connectivity index (χ4n) is 4.00. The van der Waals surface area contributed by atoms with Crippen LogP contribution in [0.1, 0.15) is 130 Å². The first-order chi connectivity index (χ1) is 15.8. The van der Waals surface area contributed by atoms with Crippen molar-refractivity contribution in [2.75, 3.05) is 0 Å². The molecule has 0 spiro atoms. The Labute approximate surface area is 209 Å². The van der Waals surface area contributed by atoms with Crippen LogP contribution in [0, 0.1) is 5.92 Å². The molecule has 196 valence electrons. The van der Waals surface area contributed by atoms with Crippen molar-refractivity contribution in [2.24, 2.45) is 5.92 Å². The highest BCUT2D eigenvalue weighted by molar-refractivity contribution is 7.80. The smallest absolute Gasteiger partial charge is 0.377 e. The van der Waals surface area contributed by atoms with E-state index in [1.165, 1.54) is 83.5 Å². The Kier molecular flexibility index (Phi) is 21.0. The van der Waals surface area contributed by atoms with Crippen LogP contribution in [0.3, 0.4) is 0 Å². The average Bonchev–Trinajstić information content (AvgIpc) is 2.79. The molecular formula is C25H49O6PS. The lowest BCUT2D eigenvalue weighted by molar-refractivity contribution is -0.256. The molecular weight excluding hydrogens is 459 g/mol. The normalized spacial score (nSPS) is 16.4. The predicted octanol–water partition coefficient (Wildman–Crippen LogP) is 7.93. The molecule has 0 heterocycles. The molecule has 4 unspecified atom stereocenters. The molecule has 2 N–H and O–H groups in total. The summed E-state index contributed by atoms with van der Waals surface area (Å²) in [6, 6.07) is 0. The van der Waals surface area contributed by atoms with Crippen LogP contribution in [0.15, 0.2) is 0 Å². The van der Waals surface area contributed by atoms with Gasteiger partial charge >= 0.3 is 11.5 Å². The van der Waals surface area contributed by atoms with E-state index in [1.807, 2.05) is 0 Å². The van der Waals surface area contributed by atoms with Crippen LogP contribution < -0.4 is 0 Å². The molecule has 0 amide bonds. The van der Waals surface area contributed by atoms with E-state index >= 15 is 0 Å². The summed E-state index contributed by atoms with van der Waals surface area (Å²) in [4.78, 5) is 11.1. The lowest BCUT2D eigenvalue weighted by atomic mass is 9.91. The summed E-state index contributed by atoms with van der Waals surface area (Å²) in [5.41, 5.74) is -3.24.